The van der Waals surface area contributed by atoms with Gasteiger partial charge >= 0.3 is 6.09 Å². The minimum Gasteiger partial charge on any atom is -0.445 e. The molecule has 0 saturated carbocycles. The summed E-state index contributed by atoms with van der Waals surface area (Å²) in [6.45, 7) is 0.239. The molecule has 18 heavy (non-hydrogen) atoms. The first-order valence-electron chi connectivity index (χ1n) is 5.64. The van der Waals surface area contributed by atoms with Crippen molar-refractivity contribution in [3.63, 3.8) is 0 Å². The van der Waals surface area contributed by atoms with Crippen LogP contribution in [0.5, 0.6) is 0 Å². The second kappa shape index (κ2) is 5.44. The number of hydrogen-bond acceptors (Lipinski definition) is 4. The molecule has 0 aliphatic carbocycles. The van der Waals surface area contributed by atoms with Gasteiger partial charge in [-0.25, -0.2) is 4.79 Å². The van der Waals surface area contributed by atoms with Crippen molar-refractivity contribution in [3.05, 3.63) is 35.9 Å². The maximum atomic E-state index is 11.7. The maximum Gasteiger partial charge on any atom is 0.410 e. The van der Waals surface area contributed by atoms with E-state index < -0.39 is 12.0 Å². The molecule has 1 aliphatic heterocycles. The van der Waals surface area contributed by atoms with Crippen LogP contribution in [0.2, 0.25) is 0 Å². The summed E-state index contributed by atoms with van der Waals surface area (Å²) in [4.78, 5) is 34.8. The molecule has 5 heteroatoms. The van der Waals surface area contributed by atoms with Crippen molar-refractivity contribution >= 4 is 18.2 Å². The molecule has 1 saturated heterocycles. The van der Waals surface area contributed by atoms with Gasteiger partial charge in [-0.2, -0.15) is 0 Å². The Morgan fingerprint density at radius 2 is 2.11 bits per heavy atom. The molecule has 2 rings (SSSR count). The zero-order valence-corrected chi connectivity index (χ0v) is 9.74. The molecule has 1 aromatic carbocycles. The molecule has 0 radical (unpaired) electrons. The molecule has 1 amide bonds. The maximum absolute atomic E-state index is 11.7. The highest BCUT2D eigenvalue weighted by atomic mass is 16.6. The zero-order chi connectivity index (χ0) is 13.0. The van der Waals surface area contributed by atoms with E-state index in [1.807, 2.05) is 30.3 Å². The Labute approximate surface area is 104 Å². The molecule has 0 N–H and O–H groups in total. The fourth-order valence-corrected chi connectivity index (χ4v) is 1.78. The summed E-state index contributed by atoms with van der Waals surface area (Å²) in [5, 5.41) is 0. The molecule has 1 heterocycles. The topological polar surface area (TPSA) is 63.7 Å². The largest absolute Gasteiger partial charge is 0.445 e. The van der Waals surface area contributed by atoms with E-state index in [2.05, 4.69) is 0 Å². The van der Waals surface area contributed by atoms with E-state index >= 15 is 0 Å². The predicted octanol–water partition coefficient (Wildman–Crippen LogP) is 1.02. The van der Waals surface area contributed by atoms with E-state index in [0.29, 0.717) is 6.29 Å². The molecule has 0 spiro atoms. The molecular formula is C13H13NO4. The monoisotopic (exact) mass is 247 g/mol. The SMILES string of the molecule is O=CC1CN(C(=O)OCc2ccccc2)CC1=O. The number of nitrogens with zero attached hydrogens (tertiary/aromatic N) is 1. The zero-order valence-electron chi connectivity index (χ0n) is 9.74. The van der Waals surface area contributed by atoms with Gasteiger partial charge in [-0.15, -0.1) is 0 Å². The van der Waals surface area contributed by atoms with Crippen LogP contribution in [-0.2, 0) is 20.9 Å². The number of benzene rings is 1. The first kappa shape index (κ1) is 12.3. The molecule has 1 atom stereocenters. The number of rotatable bonds is 3. The van der Waals surface area contributed by atoms with Crippen molar-refractivity contribution in [2.45, 2.75) is 6.61 Å². The molecule has 1 fully saturated rings. The molecule has 1 aliphatic rings. The highest BCUT2D eigenvalue weighted by Crippen LogP contribution is 2.12. The number of likely N-dealkylation sites (tertiary alicyclic amines) is 1. The van der Waals surface area contributed by atoms with Gasteiger partial charge in [0.1, 0.15) is 12.9 Å². The smallest absolute Gasteiger partial charge is 0.410 e. The van der Waals surface area contributed by atoms with Gasteiger partial charge in [-0.05, 0) is 5.56 Å². The van der Waals surface area contributed by atoms with E-state index in [0.717, 1.165) is 5.56 Å². The lowest BCUT2D eigenvalue weighted by atomic mass is 10.1. The number of carbonyl (C=O) groups is 3. The van der Waals surface area contributed by atoms with Gasteiger partial charge in [-0.1, -0.05) is 30.3 Å². The van der Waals surface area contributed by atoms with Crippen LogP contribution in [0.1, 0.15) is 5.56 Å². The molecule has 0 aromatic heterocycles. The summed E-state index contributed by atoms with van der Waals surface area (Å²) < 4.78 is 5.07. The Kier molecular flexibility index (Phi) is 3.72. The number of hydrogen-bond donors (Lipinski definition) is 0. The van der Waals surface area contributed by atoms with Crippen LogP contribution < -0.4 is 0 Å². The minimum absolute atomic E-state index is 0.0446. The molecular weight excluding hydrogens is 234 g/mol. The molecule has 5 nitrogen and oxygen atoms in total. The highest BCUT2D eigenvalue weighted by Gasteiger charge is 2.34. The number of amides is 1. The quantitative estimate of drug-likeness (QED) is 0.591. The summed E-state index contributed by atoms with van der Waals surface area (Å²) in [6, 6.07) is 9.27. The Balaban J connectivity index is 1.86. The lowest BCUT2D eigenvalue weighted by Gasteiger charge is -2.14. The summed E-state index contributed by atoms with van der Waals surface area (Å²) in [5.41, 5.74) is 0.878. The van der Waals surface area contributed by atoms with Gasteiger partial charge in [0.2, 0.25) is 0 Å². The summed E-state index contributed by atoms with van der Waals surface area (Å²) in [7, 11) is 0. The average molecular weight is 247 g/mol. The van der Waals surface area contributed by atoms with Gasteiger partial charge < -0.3 is 9.53 Å². The van der Waals surface area contributed by atoms with Crippen LogP contribution in [0.25, 0.3) is 0 Å². The first-order chi connectivity index (χ1) is 8.70. The number of carbonyl (C=O) groups excluding carboxylic acids is 3. The van der Waals surface area contributed by atoms with E-state index in [9.17, 15) is 14.4 Å². The Morgan fingerprint density at radius 1 is 1.39 bits per heavy atom. The Bertz CT molecular complexity index is 457. The summed E-state index contributed by atoms with van der Waals surface area (Å²) >= 11 is 0. The third-order valence-corrected chi connectivity index (χ3v) is 2.80. The molecule has 1 unspecified atom stereocenters. The third kappa shape index (κ3) is 2.74. The van der Waals surface area contributed by atoms with Gasteiger partial charge in [0, 0.05) is 6.54 Å². The summed E-state index contributed by atoms with van der Waals surface area (Å²) in [6.07, 6.45) is 0.0175. The van der Waals surface area contributed by atoms with Crippen LogP contribution in [0, 0.1) is 5.92 Å². The van der Waals surface area contributed by atoms with Crippen molar-refractivity contribution in [2.24, 2.45) is 5.92 Å². The van der Waals surface area contributed by atoms with Crippen molar-refractivity contribution in [1.29, 1.82) is 0 Å². The van der Waals surface area contributed by atoms with Crippen LogP contribution >= 0.6 is 0 Å². The number of Topliss-reactive ketones (excluding diaryl/α,β-unsaturated/α-hetero) is 1. The number of ketones is 1. The van der Waals surface area contributed by atoms with E-state index in [1.165, 1.54) is 4.90 Å². The van der Waals surface area contributed by atoms with Crippen molar-refractivity contribution < 1.29 is 19.1 Å². The van der Waals surface area contributed by atoms with E-state index in [-0.39, 0.29) is 25.5 Å². The Morgan fingerprint density at radius 3 is 2.72 bits per heavy atom. The Hall–Kier alpha value is -2.17. The van der Waals surface area contributed by atoms with Crippen molar-refractivity contribution in [3.8, 4) is 0 Å². The van der Waals surface area contributed by atoms with Crippen LogP contribution in [0.15, 0.2) is 30.3 Å². The first-order valence-corrected chi connectivity index (χ1v) is 5.64. The van der Waals surface area contributed by atoms with Gasteiger partial charge in [0.15, 0.2) is 5.78 Å². The molecule has 0 bridgehead atoms. The number of aldehydes is 1. The highest BCUT2D eigenvalue weighted by molar-refractivity contribution is 5.98. The average Bonchev–Trinajstić information content (AvgIpc) is 2.78. The van der Waals surface area contributed by atoms with Crippen LogP contribution in [-0.4, -0.2) is 36.2 Å². The standard InChI is InChI=1S/C13H13NO4/c15-8-11-6-14(7-12(11)16)13(17)18-9-10-4-2-1-3-5-10/h1-5,8,11H,6-7,9H2. The van der Waals surface area contributed by atoms with E-state index in [4.69, 9.17) is 4.74 Å². The van der Waals surface area contributed by atoms with Crippen LogP contribution in [0.4, 0.5) is 4.79 Å². The second-order valence-electron chi connectivity index (χ2n) is 4.13. The molecule has 94 valence electrons. The lowest BCUT2D eigenvalue weighted by molar-refractivity contribution is -0.124. The predicted molar refractivity (Wildman–Crippen MR) is 62.8 cm³/mol. The van der Waals surface area contributed by atoms with Gasteiger partial charge in [-0.3, -0.25) is 9.69 Å². The van der Waals surface area contributed by atoms with Crippen molar-refractivity contribution in [1.82, 2.24) is 4.90 Å². The normalized spacial score (nSPS) is 18.8. The van der Waals surface area contributed by atoms with E-state index in [1.54, 1.807) is 0 Å². The fourth-order valence-electron chi connectivity index (χ4n) is 1.78. The van der Waals surface area contributed by atoms with Crippen molar-refractivity contribution in [2.75, 3.05) is 13.1 Å². The van der Waals surface area contributed by atoms with Crippen LogP contribution in [0.3, 0.4) is 0 Å². The van der Waals surface area contributed by atoms with Gasteiger partial charge in [0.25, 0.3) is 0 Å². The summed E-state index contributed by atoms with van der Waals surface area (Å²) in [5.74, 6) is -0.934. The lowest BCUT2D eigenvalue weighted by Crippen LogP contribution is -2.29. The minimum atomic E-state index is -0.700. The fraction of sp³-hybridized carbons (Fsp3) is 0.308. The molecule has 1 aromatic rings. The second-order valence-corrected chi connectivity index (χ2v) is 4.13. The third-order valence-electron chi connectivity index (χ3n) is 2.80. The number of ether oxygens (including phenoxy) is 1. The van der Waals surface area contributed by atoms with Gasteiger partial charge in [0.05, 0.1) is 12.5 Å².